The first-order valence-electron chi connectivity index (χ1n) is 7.37. The summed E-state index contributed by atoms with van der Waals surface area (Å²) in [5.41, 5.74) is 0.254. The van der Waals surface area contributed by atoms with Crippen molar-refractivity contribution in [2.24, 2.45) is 0 Å². The van der Waals surface area contributed by atoms with Crippen LogP contribution in [0, 0.1) is 0 Å². The molecule has 9 heteroatoms. The molecule has 140 valence electrons. The van der Waals surface area contributed by atoms with Gasteiger partial charge in [0, 0.05) is 6.07 Å². The van der Waals surface area contributed by atoms with Crippen molar-refractivity contribution in [2.75, 3.05) is 33.2 Å². The average Bonchev–Trinajstić information content (AvgIpc) is 2.66. The maximum absolute atomic E-state index is 12.8. The predicted octanol–water partition coefficient (Wildman–Crippen LogP) is 2.30. The number of methoxy groups -OCH3 is 4. The van der Waals surface area contributed by atoms with E-state index >= 15 is 0 Å². The summed E-state index contributed by atoms with van der Waals surface area (Å²) in [6.45, 7) is 0. The van der Waals surface area contributed by atoms with E-state index in [0.29, 0.717) is 5.75 Å². The monoisotopic (exact) mass is 381 g/mol. The number of hydrogen-bond acceptors (Lipinski definition) is 7. The zero-order chi connectivity index (χ0) is 19.3. The third-order valence-corrected chi connectivity index (χ3v) is 4.91. The van der Waals surface area contributed by atoms with Crippen molar-refractivity contribution in [1.29, 1.82) is 0 Å². The molecule has 2 aromatic carbocycles. The lowest BCUT2D eigenvalue weighted by molar-refractivity contribution is 0.0600. The molecule has 0 aliphatic rings. The second kappa shape index (κ2) is 7.96. The summed E-state index contributed by atoms with van der Waals surface area (Å²) in [4.78, 5) is 11.6. The minimum absolute atomic E-state index is 0.0836. The first-order valence-corrected chi connectivity index (χ1v) is 8.85. The van der Waals surface area contributed by atoms with Crippen LogP contribution in [0.3, 0.4) is 0 Å². The summed E-state index contributed by atoms with van der Waals surface area (Å²) < 4.78 is 48.1. The molecule has 2 aromatic rings. The molecule has 0 saturated heterocycles. The van der Waals surface area contributed by atoms with E-state index in [0.717, 1.165) is 0 Å². The Hall–Kier alpha value is -2.94. The molecule has 0 fully saturated rings. The Kier molecular flexibility index (Phi) is 5.93. The van der Waals surface area contributed by atoms with Crippen molar-refractivity contribution in [3.05, 3.63) is 42.0 Å². The molecule has 2 rings (SSSR count). The van der Waals surface area contributed by atoms with Crippen LogP contribution in [0.4, 0.5) is 5.69 Å². The number of hydrogen-bond donors (Lipinski definition) is 1. The molecular formula is C17H19NO7S. The SMILES string of the molecule is COC(=O)c1ccc(OC)c(NS(=O)(=O)c2cc(OC)ccc2OC)c1. The van der Waals surface area contributed by atoms with Crippen LogP contribution in [0.5, 0.6) is 17.2 Å². The maximum Gasteiger partial charge on any atom is 0.337 e. The minimum atomic E-state index is -4.06. The van der Waals surface area contributed by atoms with Crippen molar-refractivity contribution in [3.63, 3.8) is 0 Å². The molecule has 0 unspecified atom stereocenters. The summed E-state index contributed by atoms with van der Waals surface area (Å²) >= 11 is 0. The van der Waals surface area contributed by atoms with Crippen LogP contribution in [0.1, 0.15) is 10.4 Å². The van der Waals surface area contributed by atoms with Crippen molar-refractivity contribution < 1.29 is 32.2 Å². The van der Waals surface area contributed by atoms with Gasteiger partial charge in [-0.05, 0) is 30.3 Å². The molecule has 0 heterocycles. The number of nitrogens with one attached hydrogen (secondary N) is 1. The van der Waals surface area contributed by atoms with Gasteiger partial charge in [-0.2, -0.15) is 0 Å². The van der Waals surface area contributed by atoms with Crippen molar-refractivity contribution >= 4 is 21.7 Å². The molecule has 0 aliphatic carbocycles. The van der Waals surface area contributed by atoms with Gasteiger partial charge in [0.2, 0.25) is 0 Å². The van der Waals surface area contributed by atoms with E-state index in [4.69, 9.17) is 14.2 Å². The number of benzene rings is 2. The lowest BCUT2D eigenvalue weighted by Crippen LogP contribution is -2.15. The van der Waals surface area contributed by atoms with E-state index in [9.17, 15) is 13.2 Å². The van der Waals surface area contributed by atoms with Crippen LogP contribution in [0.15, 0.2) is 41.3 Å². The number of anilines is 1. The molecule has 0 bridgehead atoms. The summed E-state index contributed by atoms with van der Waals surface area (Å²) in [7, 11) is 1.35. The third kappa shape index (κ3) is 3.99. The van der Waals surface area contributed by atoms with Gasteiger partial charge in [0.15, 0.2) is 0 Å². The number of sulfonamides is 1. The van der Waals surface area contributed by atoms with E-state index in [1.807, 2.05) is 0 Å². The van der Waals surface area contributed by atoms with Gasteiger partial charge in [-0.3, -0.25) is 4.72 Å². The van der Waals surface area contributed by atoms with Crippen LogP contribution in [-0.4, -0.2) is 42.8 Å². The average molecular weight is 381 g/mol. The van der Waals surface area contributed by atoms with Gasteiger partial charge in [0.05, 0.1) is 39.7 Å². The van der Waals surface area contributed by atoms with E-state index in [2.05, 4.69) is 9.46 Å². The predicted molar refractivity (Wildman–Crippen MR) is 94.7 cm³/mol. The van der Waals surface area contributed by atoms with E-state index in [1.54, 1.807) is 6.07 Å². The largest absolute Gasteiger partial charge is 0.497 e. The Balaban J connectivity index is 2.51. The van der Waals surface area contributed by atoms with Gasteiger partial charge in [-0.25, -0.2) is 13.2 Å². The number of esters is 1. The third-order valence-electron chi connectivity index (χ3n) is 3.53. The maximum atomic E-state index is 12.8. The number of ether oxygens (including phenoxy) is 4. The quantitative estimate of drug-likeness (QED) is 0.735. The molecule has 0 radical (unpaired) electrons. The fourth-order valence-electron chi connectivity index (χ4n) is 2.23. The zero-order valence-corrected chi connectivity index (χ0v) is 15.5. The number of carbonyl (C=O) groups excluding carboxylic acids is 1. The van der Waals surface area contributed by atoms with Gasteiger partial charge in [0.1, 0.15) is 22.1 Å². The Morgan fingerprint density at radius 3 is 2.12 bits per heavy atom. The summed E-state index contributed by atoms with van der Waals surface area (Å²) in [5, 5.41) is 0. The van der Waals surface area contributed by atoms with E-state index in [1.165, 1.54) is 58.8 Å². The fourth-order valence-corrected chi connectivity index (χ4v) is 3.47. The fraction of sp³-hybridized carbons (Fsp3) is 0.235. The highest BCUT2D eigenvalue weighted by Crippen LogP contribution is 2.33. The second-order valence-corrected chi connectivity index (χ2v) is 6.68. The van der Waals surface area contributed by atoms with Crippen LogP contribution < -0.4 is 18.9 Å². The summed E-state index contributed by atoms with van der Waals surface area (Å²) in [5.74, 6) is 0.123. The summed E-state index contributed by atoms with van der Waals surface area (Å²) in [6, 6.07) is 8.65. The Morgan fingerprint density at radius 1 is 0.885 bits per heavy atom. The molecular weight excluding hydrogens is 362 g/mol. The molecule has 0 saturated carbocycles. The molecule has 0 aromatic heterocycles. The lowest BCUT2D eigenvalue weighted by Gasteiger charge is -2.15. The van der Waals surface area contributed by atoms with Crippen LogP contribution in [0.25, 0.3) is 0 Å². The van der Waals surface area contributed by atoms with E-state index in [-0.39, 0.29) is 27.6 Å². The minimum Gasteiger partial charge on any atom is -0.497 e. The topological polar surface area (TPSA) is 100 Å². The van der Waals surface area contributed by atoms with Gasteiger partial charge in [-0.15, -0.1) is 0 Å². The molecule has 26 heavy (non-hydrogen) atoms. The molecule has 0 aliphatic heterocycles. The Labute approximate surface area is 151 Å². The van der Waals surface area contributed by atoms with Gasteiger partial charge in [0.25, 0.3) is 10.0 Å². The summed E-state index contributed by atoms with van der Waals surface area (Å²) in [6.07, 6.45) is 0. The smallest absolute Gasteiger partial charge is 0.337 e. The second-order valence-electron chi connectivity index (χ2n) is 5.03. The number of rotatable bonds is 7. The van der Waals surface area contributed by atoms with Crippen molar-refractivity contribution in [1.82, 2.24) is 0 Å². The van der Waals surface area contributed by atoms with Crippen molar-refractivity contribution in [2.45, 2.75) is 4.90 Å². The first kappa shape index (κ1) is 19.4. The van der Waals surface area contributed by atoms with Crippen LogP contribution >= 0.6 is 0 Å². The molecule has 0 spiro atoms. The molecule has 0 atom stereocenters. The Morgan fingerprint density at radius 2 is 1.54 bits per heavy atom. The number of carbonyl (C=O) groups is 1. The van der Waals surface area contributed by atoms with E-state index < -0.39 is 16.0 Å². The Bertz CT molecular complexity index is 909. The first-order chi connectivity index (χ1) is 12.4. The molecule has 8 nitrogen and oxygen atoms in total. The normalized spacial score (nSPS) is 10.8. The molecule has 1 N–H and O–H groups in total. The van der Waals surface area contributed by atoms with Crippen LogP contribution in [-0.2, 0) is 14.8 Å². The van der Waals surface area contributed by atoms with Gasteiger partial charge >= 0.3 is 5.97 Å². The highest BCUT2D eigenvalue weighted by Gasteiger charge is 2.23. The molecule has 0 amide bonds. The highest BCUT2D eigenvalue weighted by molar-refractivity contribution is 7.92. The van der Waals surface area contributed by atoms with Gasteiger partial charge in [-0.1, -0.05) is 0 Å². The standard InChI is InChI=1S/C17H19NO7S/c1-22-12-6-8-15(24-3)16(10-12)26(20,21)18-13-9-11(17(19)25-4)5-7-14(13)23-2/h5-10,18H,1-4H3. The van der Waals surface area contributed by atoms with Gasteiger partial charge < -0.3 is 18.9 Å². The zero-order valence-electron chi connectivity index (χ0n) is 14.7. The lowest BCUT2D eigenvalue weighted by atomic mass is 10.2. The highest BCUT2D eigenvalue weighted by atomic mass is 32.2. The van der Waals surface area contributed by atoms with Crippen molar-refractivity contribution in [3.8, 4) is 17.2 Å². The van der Waals surface area contributed by atoms with Crippen LogP contribution in [0.2, 0.25) is 0 Å².